The molecule has 0 spiro atoms. The molecule has 0 heterocycles. The number of carbonyl (C=O) groups excluding carboxylic acids is 3. The van der Waals surface area contributed by atoms with E-state index in [-0.39, 0.29) is 37.5 Å². The summed E-state index contributed by atoms with van der Waals surface area (Å²) in [5, 5.41) is 0. The summed E-state index contributed by atoms with van der Waals surface area (Å²) in [6.45, 7) is 6.34. The average Bonchev–Trinajstić information content (AvgIpc) is 3.39. The lowest BCUT2D eigenvalue weighted by atomic mass is 10.0. The Morgan fingerprint density at radius 3 is 0.918 bits per heavy atom. The maximum Gasteiger partial charge on any atom is 0.306 e. The Balaban J connectivity index is 4.46. The number of esters is 3. The molecule has 414 valence electrons. The first-order valence-electron chi connectivity index (χ1n) is 30.0. The van der Waals surface area contributed by atoms with E-state index < -0.39 is 6.10 Å². The van der Waals surface area contributed by atoms with Gasteiger partial charge in [0.05, 0.1) is 0 Å². The minimum Gasteiger partial charge on any atom is -0.462 e. The SMILES string of the molecule is CC/C=C\C/C=C\C/C=C\C/C=C\C/C=C\C/C=C\CCCCCCC(=O)OCC(COC(=O)CC/C=C\C/C=C\C/C=C\C/C=C\CC)OC(=O)CCCCCCCCCCCCCCCCCCCCC. The molecule has 0 aliphatic carbocycles. The lowest BCUT2D eigenvalue weighted by molar-refractivity contribution is -0.166. The smallest absolute Gasteiger partial charge is 0.306 e. The highest BCUT2D eigenvalue weighted by Crippen LogP contribution is 2.16. The monoisotopic (exact) mass is 1010 g/mol. The molecule has 0 saturated heterocycles. The third kappa shape index (κ3) is 58.6. The standard InChI is InChI=1S/C67H110O6/c1-4-7-10-13-16-19-22-25-27-29-31-32-33-34-36-37-39-42-45-48-51-54-57-60-66(69)72-63-64(62-71-65(68)59-56-53-50-47-44-41-24-21-18-15-12-9-6-3)73-67(70)61-58-55-52-49-46-43-40-38-35-30-28-26-23-20-17-14-11-8-5-2/h7,9-10,12,16,18-19,21,25,27,31-32,34,36,39,41-42,44,50,53,64H,4-6,8,11,13-15,17,20,22-24,26,28-30,33,35,37-38,40,43,45-49,51-52,54-63H2,1-3H3/b10-7-,12-9-,19-16-,21-18-,27-25-,32-31-,36-34-,42-39-,44-41-,53-50-. The third-order valence-corrected chi connectivity index (χ3v) is 12.5. The first kappa shape index (κ1) is 68.8. The Morgan fingerprint density at radius 2 is 0.562 bits per heavy atom. The summed E-state index contributed by atoms with van der Waals surface area (Å²) in [6.07, 6.45) is 83.6. The average molecular weight is 1010 g/mol. The molecule has 73 heavy (non-hydrogen) atoms. The van der Waals surface area contributed by atoms with E-state index in [1.54, 1.807) is 0 Å². The minimum atomic E-state index is -0.820. The van der Waals surface area contributed by atoms with Crippen LogP contribution in [0.4, 0.5) is 0 Å². The first-order valence-corrected chi connectivity index (χ1v) is 30.0. The van der Waals surface area contributed by atoms with Crippen molar-refractivity contribution < 1.29 is 28.6 Å². The Morgan fingerprint density at radius 1 is 0.288 bits per heavy atom. The van der Waals surface area contributed by atoms with Gasteiger partial charge in [-0.1, -0.05) is 271 Å². The maximum atomic E-state index is 12.9. The van der Waals surface area contributed by atoms with Gasteiger partial charge < -0.3 is 14.2 Å². The number of ether oxygens (including phenoxy) is 3. The molecule has 0 aliphatic heterocycles. The van der Waals surface area contributed by atoms with Crippen molar-refractivity contribution in [1.29, 1.82) is 0 Å². The molecule has 0 aromatic heterocycles. The largest absolute Gasteiger partial charge is 0.462 e. The zero-order chi connectivity index (χ0) is 52.9. The molecule has 0 bridgehead atoms. The molecule has 6 heteroatoms. The minimum absolute atomic E-state index is 0.114. The number of allylic oxidation sites excluding steroid dienone is 20. The third-order valence-electron chi connectivity index (χ3n) is 12.5. The van der Waals surface area contributed by atoms with Crippen LogP contribution in [-0.4, -0.2) is 37.2 Å². The van der Waals surface area contributed by atoms with Crippen LogP contribution in [0.2, 0.25) is 0 Å². The summed E-state index contributed by atoms with van der Waals surface area (Å²) in [5.74, 6) is -1.02. The van der Waals surface area contributed by atoms with Crippen LogP contribution in [0.25, 0.3) is 0 Å². The Bertz CT molecular complexity index is 1540. The van der Waals surface area contributed by atoms with Gasteiger partial charge in [0.15, 0.2) is 6.10 Å². The van der Waals surface area contributed by atoms with Crippen LogP contribution in [0.5, 0.6) is 0 Å². The van der Waals surface area contributed by atoms with Gasteiger partial charge in [-0.15, -0.1) is 0 Å². The molecule has 0 saturated carbocycles. The van der Waals surface area contributed by atoms with E-state index in [0.29, 0.717) is 19.3 Å². The van der Waals surface area contributed by atoms with Gasteiger partial charge in [0.2, 0.25) is 0 Å². The van der Waals surface area contributed by atoms with Crippen LogP contribution in [-0.2, 0) is 28.6 Å². The van der Waals surface area contributed by atoms with Gasteiger partial charge in [0.1, 0.15) is 13.2 Å². The van der Waals surface area contributed by atoms with Gasteiger partial charge >= 0.3 is 17.9 Å². The van der Waals surface area contributed by atoms with Crippen molar-refractivity contribution in [2.45, 2.75) is 271 Å². The molecule has 0 aliphatic rings. The van der Waals surface area contributed by atoms with E-state index in [2.05, 4.69) is 136 Å². The summed E-state index contributed by atoms with van der Waals surface area (Å²) in [5.41, 5.74) is 0. The van der Waals surface area contributed by atoms with Crippen molar-refractivity contribution in [2.75, 3.05) is 13.2 Å². The van der Waals surface area contributed by atoms with Gasteiger partial charge in [-0.05, 0) is 96.3 Å². The van der Waals surface area contributed by atoms with E-state index in [1.807, 2.05) is 6.08 Å². The van der Waals surface area contributed by atoms with Gasteiger partial charge in [-0.3, -0.25) is 14.4 Å². The van der Waals surface area contributed by atoms with Crippen LogP contribution in [0.15, 0.2) is 122 Å². The summed E-state index contributed by atoms with van der Waals surface area (Å²) in [7, 11) is 0. The fraction of sp³-hybridized carbons (Fsp3) is 0.657. The first-order chi connectivity index (χ1) is 36.0. The molecule has 6 nitrogen and oxygen atoms in total. The highest BCUT2D eigenvalue weighted by molar-refractivity contribution is 5.71. The molecule has 0 N–H and O–H groups in total. The number of unbranched alkanes of at least 4 members (excludes halogenated alkanes) is 22. The van der Waals surface area contributed by atoms with Gasteiger partial charge in [0, 0.05) is 19.3 Å². The molecule has 0 amide bonds. The molecule has 0 aromatic rings. The van der Waals surface area contributed by atoms with Crippen molar-refractivity contribution in [3.63, 3.8) is 0 Å². The van der Waals surface area contributed by atoms with Crippen molar-refractivity contribution in [1.82, 2.24) is 0 Å². The van der Waals surface area contributed by atoms with Crippen molar-refractivity contribution in [2.24, 2.45) is 0 Å². The van der Waals surface area contributed by atoms with Crippen LogP contribution < -0.4 is 0 Å². The molecule has 0 fully saturated rings. The fourth-order valence-electron chi connectivity index (χ4n) is 8.05. The zero-order valence-corrected chi connectivity index (χ0v) is 47.4. The molecule has 0 rings (SSSR count). The van der Waals surface area contributed by atoms with Gasteiger partial charge in [0.25, 0.3) is 0 Å². The lowest BCUT2D eigenvalue weighted by Gasteiger charge is -2.18. The maximum absolute atomic E-state index is 12.9. The van der Waals surface area contributed by atoms with Crippen LogP contribution in [0.1, 0.15) is 265 Å². The number of carbonyl (C=O) groups is 3. The Hall–Kier alpha value is -4.19. The van der Waals surface area contributed by atoms with Crippen molar-refractivity contribution >= 4 is 17.9 Å². The molecule has 1 atom stereocenters. The highest BCUT2D eigenvalue weighted by Gasteiger charge is 2.19. The summed E-state index contributed by atoms with van der Waals surface area (Å²) in [6, 6.07) is 0. The van der Waals surface area contributed by atoms with E-state index in [4.69, 9.17) is 14.2 Å². The Kier molecular flexibility index (Phi) is 56.9. The molecule has 0 aromatic carbocycles. The molecule has 0 radical (unpaired) electrons. The predicted molar refractivity (Wildman–Crippen MR) is 316 cm³/mol. The topological polar surface area (TPSA) is 78.9 Å². The number of hydrogen-bond acceptors (Lipinski definition) is 6. The fourth-order valence-corrected chi connectivity index (χ4v) is 8.05. The summed E-state index contributed by atoms with van der Waals surface area (Å²) in [4.78, 5) is 38.2. The summed E-state index contributed by atoms with van der Waals surface area (Å²) >= 11 is 0. The quantitative estimate of drug-likeness (QED) is 0.0261. The van der Waals surface area contributed by atoms with Crippen LogP contribution in [0.3, 0.4) is 0 Å². The molecular formula is C67H110O6. The zero-order valence-electron chi connectivity index (χ0n) is 47.4. The van der Waals surface area contributed by atoms with Crippen molar-refractivity contribution in [3.8, 4) is 0 Å². The van der Waals surface area contributed by atoms with E-state index in [1.165, 1.54) is 103 Å². The number of rotatable bonds is 53. The number of hydrogen-bond donors (Lipinski definition) is 0. The van der Waals surface area contributed by atoms with E-state index >= 15 is 0 Å². The van der Waals surface area contributed by atoms with Crippen molar-refractivity contribution in [3.05, 3.63) is 122 Å². The normalized spacial score (nSPS) is 13.0. The van der Waals surface area contributed by atoms with E-state index in [0.717, 1.165) is 116 Å². The van der Waals surface area contributed by atoms with E-state index in [9.17, 15) is 14.4 Å². The second-order valence-electron chi connectivity index (χ2n) is 19.5. The molecular weight excluding hydrogens is 901 g/mol. The van der Waals surface area contributed by atoms with Crippen LogP contribution >= 0.6 is 0 Å². The predicted octanol–water partition coefficient (Wildman–Crippen LogP) is 20.4. The summed E-state index contributed by atoms with van der Waals surface area (Å²) < 4.78 is 16.8. The molecule has 1 unspecified atom stereocenters. The second kappa shape index (κ2) is 60.4. The van der Waals surface area contributed by atoms with Gasteiger partial charge in [-0.2, -0.15) is 0 Å². The second-order valence-corrected chi connectivity index (χ2v) is 19.5. The van der Waals surface area contributed by atoms with Crippen LogP contribution in [0, 0.1) is 0 Å². The highest BCUT2D eigenvalue weighted by atomic mass is 16.6. The lowest BCUT2D eigenvalue weighted by Crippen LogP contribution is -2.30. The Labute approximate surface area is 450 Å². The van der Waals surface area contributed by atoms with Gasteiger partial charge in [-0.25, -0.2) is 0 Å².